The summed E-state index contributed by atoms with van der Waals surface area (Å²) in [4.78, 5) is 5.41. The van der Waals surface area contributed by atoms with Gasteiger partial charge in [-0.1, -0.05) is 0 Å². The zero-order chi connectivity index (χ0) is 10.8. The molecule has 0 saturated carbocycles. The number of halogens is 1. The van der Waals surface area contributed by atoms with Crippen molar-refractivity contribution >= 4 is 33.1 Å². The lowest BCUT2D eigenvalue weighted by Gasteiger charge is -2.06. The van der Waals surface area contributed by atoms with Gasteiger partial charge in [-0.25, -0.2) is 4.98 Å². The first-order chi connectivity index (χ1) is 7.16. The molecule has 2 aromatic heterocycles. The molecule has 2 nitrogen and oxygen atoms in total. The van der Waals surface area contributed by atoms with Crippen molar-refractivity contribution in [3.63, 3.8) is 0 Å². The maximum atomic E-state index is 5.86. The van der Waals surface area contributed by atoms with Gasteiger partial charge in [-0.2, -0.15) is 0 Å². The fourth-order valence-corrected chi connectivity index (χ4v) is 2.96. The highest BCUT2D eigenvalue weighted by atomic mass is 79.9. The van der Waals surface area contributed by atoms with Crippen LogP contribution in [0.2, 0.25) is 0 Å². The van der Waals surface area contributed by atoms with Gasteiger partial charge in [0.05, 0.1) is 3.79 Å². The van der Waals surface area contributed by atoms with E-state index in [2.05, 4.69) is 40.0 Å². The van der Waals surface area contributed by atoms with Crippen LogP contribution in [0.1, 0.15) is 16.0 Å². The minimum Gasteiger partial charge on any atom is -0.383 e. The molecular weight excluding hydrogens is 272 g/mol. The van der Waals surface area contributed by atoms with Crippen LogP contribution < -0.4 is 5.73 Å². The Morgan fingerprint density at radius 2 is 2.20 bits per heavy atom. The largest absolute Gasteiger partial charge is 0.383 e. The summed E-state index contributed by atoms with van der Waals surface area (Å²) in [5, 5.41) is 0. The predicted molar refractivity (Wildman–Crippen MR) is 68.2 cm³/mol. The van der Waals surface area contributed by atoms with Crippen LogP contribution in [0.15, 0.2) is 28.2 Å². The number of aromatic nitrogens is 1. The summed E-state index contributed by atoms with van der Waals surface area (Å²) < 4.78 is 1.15. The van der Waals surface area contributed by atoms with Crippen molar-refractivity contribution in [1.82, 2.24) is 4.98 Å². The summed E-state index contributed by atoms with van der Waals surface area (Å²) in [7, 11) is 0. The summed E-state index contributed by atoms with van der Waals surface area (Å²) in [6.45, 7) is 2.07. The highest BCUT2D eigenvalue weighted by molar-refractivity contribution is 9.11. The Morgan fingerprint density at radius 3 is 2.80 bits per heavy atom. The number of thiophene rings is 1. The summed E-state index contributed by atoms with van der Waals surface area (Å²) in [5.74, 6) is 0.638. The van der Waals surface area contributed by atoms with Crippen LogP contribution in [0.4, 0.5) is 5.82 Å². The number of pyridine rings is 1. The SMILES string of the molecule is Cc1ccnc(N)c1Cc1ccc(Br)s1. The average Bonchev–Trinajstić information content (AvgIpc) is 2.58. The van der Waals surface area contributed by atoms with Crippen molar-refractivity contribution in [3.8, 4) is 0 Å². The fraction of sp³-hybridized carbons (Fsp3) is 0.182. The van der Waals surface area contributed by atoms with Crippen LogP contribution >= 0.6 is 27.3 Å². The van der Waals surface area contributed by atoms with Crippen LogP contribution in [-0.4, -0.2) is 4.98 Å². The van der Waals surface area contributed by atoms with E-state index < -0.39 is 0 Å². The highest BCUT2D eigenvalue weighted by Gasteiger charge is 2.06. The molecule has 0 amide bonds. The molecule has 0 saturated heterocycles. The van der Waals surface area contributed by atoms with Gasteiger partial charge in [0.25, 0.3) is 0 Å². The molecule has 0 bridgehead atoms. The minimum atomic E-state index is 0.638. The molecule has 2 N–H and O–H groups in total. The molecule has 0 radical (unpaired) electrons. The van der Waals surface area contributed by atoms with Gasteiger partial charge in [0.1, 0.15) is 5.82 Å². The first kappa shape index (κ1) is 10.6. The Kier molecular flexibility index (Phi) is 3.07. The second kappa shape index (κ2) is 4.33. The van der Waals surface area contributed by atoms with E-state index in [1.165, 1.54) is 10.4 Å². The Balaban J connectivity index is 2.31. The number of nitrogen functional groups attached to an aromatic ring is 1. The van der Waals surface area contributed by atoms with Gasteiger partial charge in [0.15, 0.2) is 0 Å². The minimum absolute atomic E-state index is 0.638. The number of hydrogen-bond donors (Lipinski definition) is 1. The highest BCUT2D eigenvalue weighted by Crippen LogP contribution is 2.26. The maximum Gasteiger partial charge on any atom is 0.127 e. The number of hydrogen-bond acceptors (Lipinski definition) is 3. The van der Waals surface area contributed by atoms with Gasteiger partial charge in [0.2, 0.25) is 0 Å². The summed E-state index contributed by atoms with van der Waals surface area (Å²) in [6.07, 6.45) is 2.61. The molecular formula is C11H11BrN2S. The van der Waals surface area contributed by atoms with E-state index in [1.807, 2.05) is 6.07 Å². The quantitative estimate of drug-likeness (QED) is 0.917. The molecule has 0 spiro atoms. The third-order valence-electron chi connectivity index (χ3n) is 2.30. The number of anilines is 1. The smallest absolute Gasteiger partial charge is 0.127 e. The van der Waals surface area contributed by atoms with Crippen molar-refractivity contribution in [1.29, 1.82) is 0 Å². The molecule has 2 rings (SSSR count). The Hall–Kier alpha value is -0.870. The summed E-state index contributed by atoms with van der Waals surface area (Å²) >= 11 is 5.19. The number of nitrogens with two attached hydrogens (primary N) is 1. The van der Waals surface area contributed by atoms with Crippen molar-refractivity contribution in [2.24, 2.45) is 0 Å². The Morgan fingerprint density at radius 1 is 1.40 bits per heavy atom. The molecule has 78 valence electrons. The topological polar surface area (TPSA) is 38.9 Å². The molecule has 0 fully saturated rings. The zero-order valence-corrected chi connectivity index (χ0v) is 10.7. The van der Waals surface area contributed by atoms with E-state index in [0.717, 1.165) is 15.8 Å². The summed E-state index contributed by atoms with van der Waals surface area (Å²) in [5.41, 5.74) is 8.19. The van der Waals surface area contributed by atoms with Gasteiger partial charge in [-0.05, 0) is 46.6 Å². The van der Waals surface area contributed by atoms with Crippen molar-refractivity contribution in [3.05, 3.63) is 44.2 Å². The second-order valence-electron chi connectivity index (χ2n) is 3.37. The van der Waals surface area contributed by atoms with E-state index in [9.17, 15) is 0 Å². The van der Waals surface area contributed by atoms with Crippen LogP contribution in [0, 0.1) is 6.92 Å². The van der Waals surface area contributed by atoms with Crippen molar-refractivity contribution in [2.75, 3.05) is 5.73 Å². The van der Waals surface area contributed by atoms with Crippen molar-refractivity contribution < 1.29 is 0 Å². The van der Waals surface area contributed by atoms with Crippen LogP contribution in [0.3, 0.4) is 0 Å². The number of nitrogens with zero attached hydrogens (tertiary/aromatic N) is 1. The Bertz CT molecular complexity index is 459. The molecule has 0 aliphatic heterocycles. The van der Waals surface area contributed by atoms with E-state index in [4.69, 9.17) is 5.73 Å². The van der Waals surface area contributed by atoms with Gasteiger partial charge in [0, 0.05) is 23.1 Å². The molecule has 0 aliphatic rings. The third kappa shape index (κ3) is 2.38. The van der Waals surface area contributed by atoms with Crippen LogP contribution in [0.25, 0.3) is 0 Å². The normalized spacial score (nSPS) is 10.5. The lowest BCUT2D eigenvalue weighted by atomic mass is 10.1. The maximum absolute atomic E-state index is 5.86. The lowest BCUT2D eigenvalue weighted by molar-refractivity contribution is 1.14. The van der Waals surface area contributed by atoms with Crippen LogP contribution in [0.5, 0.6) is 0 Å². The molecule has 0 aliphatic carbocycles. The molecule has 2 heterocycles. The first-order valence-corrected chi connectivity index (χ1v) is 6.22. The molecule has 0 atom stereocenters. The Labute approximate surface area is 101 Å². The van der Waals surface area contributed by atoms with Crippen molar-refractivity contribution in [2.45, 2.75) is 13.3 Å². The molecule has 2 aromatic rings. The first-order valence-electron chi connectivity index (χ1n) is 4.61. The molecule has 0 unspecified atom stereocenters. The molecule has 15 heavy (non-hydrogen) atoms. The van der Waals surface area contributed by atoms with Gasteiger partial charge < -0.3 is 5.73 Å². The zero-order valence-electron chi connectivity index (χ0n) is 8.33. The van der Waals surface area contributed by atoms with Gasteiger partial charge in [-0.15, -0.1) is 11.3 Å². The third-order valence-corrected chi connectivity index (χ3v) is 3.93. The molecule has 0 aromatic carbocycles. The second-order valence-corrected chi connectivity index (χ2v) is 5.92. The van der Waals surface area contributed by atoms with E-state index in [1.54, 1.807) is 17.5 Å². The van der Waals surface area contributed by atoms with Crippen LogP contribution in [-0.2, 0) is 6.42 Å². The standard InChI is InChI=1S/C11H11BrN2S/c1-7-4-5-14-11(13)9(7)6-8-2-3-10(12)15-8/h2-5H,6H2,1H3,(H2,13,14). The number of aryl methyl sites for hydroxylation is 1. The predicted octanol–water partition coefficient (Wildman–Crippen LogP) is 3.39. The average molecular weight is 283 g/mol. The molecule has 4 heteroatoms. The van der Waals surface area contributed by atoms with Gasteiger partial charge >= 0.3 is 0 Å². The number of rotatable bonds is 2. The summed E-state index contributed by atoms with van der Waals surface area (Å²) in [6, 6.07) is 6.16. The van der Waals surface area contributed by atoms with E-state index in [0.29, 0.717) is 5.82 Å². The van der Waals surface area contributed by atoms with Gasteiger partial charge in [-0.3, -0.25) is 0 Å². The fourth-order valence-electron chi connectivity index (χ4n) is 1.46. The van der Waals surface area contributed by atoms with E-state index >= 15 is 0 Å². The van der Waals surface area contributed by atoms with E-state index in [-0.39, 0.29) is 0 Å². The lowest BCUT2D eigenvalue weighted by Crippen LogP contribution is -2.00. The monoisotopic (exact) mass is 282 g/mol.